The second-order valence-corrected chi connectivity index (χ2v) is 9.33. The Labute approximate surface area is 201 Å². The SMILES string of the molecule is Cc1cc(F)c(-c2nc(C(=O)Cc3cnccc3[C@H]3C[C@@H](N)[C@H](O)[C@@H](C)C3)c(N)cc2F)c(F)c1. The lowest BCUT2D eigenvalue weighted by molar-refractivity contribution is 0.0519. The third kappa shape index (κ3) is 4.92. The van der Waals surface area contributed by atoms with Crippen molar-refractivity contribution >= 4 is 11.5 Å². The van der Waals surface area contributed by atoms with E-state index < -0.39 is 46.6 Å². The van der Waals surface area contributed by atoms with E-state index in [1.165, 1.54) is 6.92 Å². The molecule has 6 nitrogen and oxygen atoms in total. The highest BCUT2D eigenvalue weighted by molar-refractivity contribution is 6.00. The van der Waals surface area contributed by atoms with Gasteiger partial charge in [0.05, 0.1) is 17.4 Å². The first kappa shape index (κ1) is 24.8. The van der Waals surface area contributed by atoms with Crippen LogP contribution in [0.2, 0.25) is 0 Å². The third-order valence-corrected chi connectivity index (χ3v) is 6.66. The fourth-order valence-electron chi connectivity index (χ4n) is 4.90. The zero-order valence-corrected chi connectivity index (χ0v) is 19.4. The van der Waals surface area contributed by atoms with Gasteiger partial charge in [0.1, 0.15) is 23.0 Å². The van der Waals surface area contributed by atoms with Gasteiger partial charge in [-0.25, -0.2) is 18.2 Å². The number of nitrogens with two attached hydrogens (primary N) is 2. The van der Waals surface area contributed by atoms with E-state index >= 15 is 0 Å². The van der Waals surface area contributed by atoms with Crippen molar-refractivity contribution in [3.63, 3.8) is 0 Å². The van der Waals surface area contributed by atoms with Gasteiger partial charge in [-0.2, -0.15) is 0 Å². The number of aliphatic hydroxyl groups is 1. The van der Waals surface area contributed by atoms with Gasteiger partial charge in [0.15, 0.2) is 11.6 Å². The van der Waals surface area contributed by atoms with E-state index in [-0.39, 0.29) is 29.6 Å². The van der Waals surface area contributed by atoms with Gasteiger partial charge in [0, 0.05) is 30.9 Å². The molecule has 0 aliphatic heterocycles. The van der Waals surface area contributed by atoms with Crippen LogP contribution in [0.1, 0.15) is 52.9 Å². The third-order valence-electron chi connectivity index (χ3n) is 6.66. The molecule has 1 aliphatic carbocycles. The Morgan fingerprint density at radius 3 is 2.49 bits per heavy atom. The lowest BCUT2D eigenvalue weighted by Gasteiger charge is -2.36. The number of ketones is 1. The molecule has 4 rings (SSSR count). The highest BCUT2D eigenvalue weighted by Crippen LogP contribution is 2.37. The standard InChI is InChI=1S/C26H27F3N4O2/c1-12-5-17(27)23(18(28)6-12)24-19(29)10-20(30)25(33-24)22(34)9-15-11-32-4-3-16(15)14-7-13(2)26(35)21(31)8-14/h3-6,10-11,13-14,21,26,35H,7-9,30-31H2,1-2H3/t13-,14+,21+,26+/m0/s1. The summed E-state index contributed by atoms with van der Waals surface area (Å²) in [4.78, 5) is 21.3. The number of hydrogen-bond donors (Lipinski definition) is 3. The van der Waals surface area contributed by atoms with Gasteiger partial charge >= 0.3 is 0 Å². The molecule has 35 heavy (non-hydrogen) atoms. The minimum absolute atomic E-state index is 0.0130. The summed E-state index contributed by atoms with van der Waals surface area (Å²) in [5.74, 6) is -3.56. The number of anilines is 1. The van der Waals surface area contributed by atoms with Crippen molar-refractivity contribution in [2.24, 2.45) is 11.7 Å². The largest absolute Gasteiger partial charge is 0.397 e. The zero-order valence-electron chi connectivity index (χ0n) is 19.4. The number of halogens is 3. The predicted octanol–water partition coefficient (Wildman–Crippen LogP) is 4.08. The first-order valence-electron chi connectivity index (χ1n) is 11.4. The smallest absolute Gasteiger partial charge is 0.187 e. The van der Waals surface area contributed by atoms with Crippen LogP contribution < -0.4 is 11.5 Å². The molecule has 2 heterocycles. The molecule has 4 atom stereocenters. The van der Waals surface area contributed by atoms with Crippen LogP contribution >= 0.6 is 0 Å². The molecular formula is C26H27F3N4O2. The number of aliphatic hydroxyl groups excluding tert-OH is 1. The number of Topliss-reactive ketones (excluding diaryl/α,β-unsaturated/α-hetero) is 1. The molecule has 3 aromatic rings. The van der Waals surface area contributed by atoms with Crippen LogP contribution in [0.4, 0.5) is 18.9 Å². The summed E-state index contributed by atoms with van der Waals surface area (Å²) < 4.78 is 43.7. The van der Waals surface area contributed by atoms with Gasteiger partial charge in [-0.15, -0.1) is 0 Å². The van der Waals surface area contributed by atoms with Crippen LogP contribution in [0.3, 0.4) is 0 Å². The monoisotopic (exact) mass is 484 g/mol. The summed E-state index contributed by atoms with van der Waals surface area (Å²) in [5, 5.41) is 10.2. The molecule has 0 spiro atoms. The van der Waals surface area contributed by atoms with E-state index in [2.05, 4.69) is 9.97 Å². The molecule has 1 saturated carbocycles. The molecule has 5 N–H and O–H groups in total. The van der Waals surface area contributed by atoms with Crippen molar-refractivity contribution in [1.82, 2.24) is 9.97 Å². The Morgan fingerprint density at radius 1 is 1.14 bits per heavy atom. The Balaban J connectivity index is 1.68. The van der Waals surface area contributed by atoms with Gasteiger partial charge in [0.25, 0.3) is 0 Å². The van der Waals surface area contributed by atoms with Crippen LogP contribution in [0.15, 0.2) is 36.7 Å². The summed E-state index contributed by atoms with van der Waals surface area (Å²) in [6.07, 6.45) is 3.68. The van der Waals surface area contributed by atoms with E-state index in [0.29, 0.717) is 24.0 Å². The zero-order chi connectivity index (χ0) is 25.4. The van der Waals surface area contributed by atoms with Crippen molar-refractivity contribution in [1.29, 1.82) is 0 Å². The van der Waals surface area contributed by atoms with Gasteiger partial charge in [-0.1, -0.05) is 6.92 Å². The first-order valence-corrected chi connectivity index (χ1v) is 11.4. The molecule has 0 amide bonds. The van der Waals surface area contributed by atoms with Gasteiger partial charge in [-0.3, -0.25) is 9.78 Å². The lowest BCUT2D eigenvalue weighted by Crippen LogP contribution is -2.44. The number of carbonyl (C=O) groups is 1. The summed E-state index contributed by atoms with van der Waals surface area (Å²) in [6.45, 7) is 3.43. The maximum absolute atomic E-state index is 14.6. The molecule has 0 unspecified atom stereocenters. The van der Waals surface area contributed by atoms with E-state index in [4.69, 9.17) is 11.5 Å². The Morgan fingerprint density at radius 2 is 1.83 bits per heavy atom. The topological polar surface area (TPSA) is 115 Å². The second kappa shape index (κ2) is 9.75. The minimum Gasteiger partial charge on any atom is -0.397 e. The summed E-state index contributed by atoms with van der Waals surface area (Å²) in [5.41, 5.74) is 12.0. The molecule has 0 saturated heterocycles. The Hall–Kier alpha value is -3.30. The molecular weight excluding hydrogens is 457 g/mol. The molecule has 184 valence electrons. The summed E-state index contributed by atoms with van der Waals surface area (Å²) in [6, 6.07) is 4.39. The van der Waals surface area contributed by atoms with Crippen molar-refractivity contribution in [2.45, 2.75) is 51.2 Å². The molecule has 0 bridgehead atoms. The number of aryl methyl sites for hydroxylation is 1. The molecule has 2 aromatic heterocycles. The van der Waals surface area contributed by atoms with Crippen LogP contribution in [0.25, 0.3) is 11.3 Å². The number of nitrogens with zero attached hydrogens (tertiary/aromatic N) is 2. The van der Waals surface area contributed by atoms with Crippen LogP contribution in [-0.4, -0.2) is 33.0 Å². The van der Waals surface area contributed by atoms with Gasteiger partial charge in [-0.05, 0) is 66.5 Å². The van der Waals surface area contributed by atoms with Crippen LogP contribution in [-0.2, 0) is 6.42 Å². The Bertz CT molecular complexity index is 1250. The van der Waals surface area contributed by atoms with E-state index in [0.717, 1.165) is 23.8 Å². The number of pyridine rings is 2. The van der Waals surface area contributed by atoms with E-state index in [1.54, 1.807) is 12.4 Å². The number of carbonyl (C=O) groups excluding carboxylic acids is 1. The van der Waals surface area contributed by atoms with Crippen LogP contribution in [0, 0.1) is 30.3 Å². The average Bonchev–Trinajstić information content (AvgIpc) is 2.78. The number of aromatic nitrogens is 2. The number of benzene rings is 1. The fraction of sp³-hybridized carbons (Fsp3) is 0.346. The maximum atomic E-state index is 14.6. The summed E-state index contributed by atoms with van der Waals surface area (Å²) in [7, 11) is 0. The maximum Gasteiger partial charge on any atom is 0.187 e. The second-order valence-electron chi connectivity index (χ2n) is 9.33. The summed E-state index contributed by atoms with van der Waals surface area (Å²) >= 11 is 0. The van der Waals surface area contributed by atoms with Crippen molar-refractivity contribution in [3.8, 4) is 11.3 Å². The molecule has 1 aromatic carbocycles. The molecule has 0 radical (unpaired) electrons. The van der Waals surface area contributed by atoms with E-state index in [1.807, 2.05) is 13.0 Å². The molecule has 1 aliphatic rings. The number of nitrogen functional groups attached to an aromatic ring is 1. The molecule has 9 heteroatoms. The highest BCUT2D eigenvalue weighted by atomic mass is 19.1. The molecule has 1 fully saturated rings. The normalized spacial score (nSPS) is 22.3. The van der Waals surface area contributed by atoms with Gasteiger partial charge < -0.3 is 16.6 Å². The quantitative estimate of drug-likeness (QED) is 0.470. The minimum atomic E-state index is -1.04. The number of hydrogen-bond acceptors (Lipinski definition) is 6. The van der Waals surface area contributed by atoms with Crippen molar-refractivity contribution in [2.75, 3.05) is 5.73 Å². The van der Waals surface area contributed by atoms with Crippen LogP contribution in [0.5, 0.6) is 0 Å². The first-order chi connectivity index (χ1) is 16.6. The van der Waals surface area contributed by atoms with E-state index in [9.17, 15) is 23.1 Å². The van der Waals surface area contributed by atoms with Gasteiger partial charge in [0.2, 0.25) is 0 Å². The fourth-order valence-corrected chi connectivity index (χ4v) is 4.90. The average molecular weight is 485 g/mol. The number of rotatable bonds is 5. The van der Waals surface area contributed by atoms with Crippen molar-refractivity contribution < 1.29 is 23.1 Å². The highest BCUT2D eigenvalue weighted by Gasteiger charge is 2.34. The Kier molecular flexibility index (Phi) is 6.91. The van der Waals surface area contributed by atoms with Crippen molar-refractivity contribution in [3.05, 3.63) is 76.5 Å². The lowest BCUT2D eigenvalue weighted by atomic mass is 9.74. The predicted molar refractivity (Wildman–Crippen MR) is 126 cm³/mol.